The van der Waals surface area contributed by atoms with E-state index < -0.39 is 0 Å². The summed E-state index contributed by atoms with van der Waals surface area (Å²) < 4.78 is 3.82. The van der Waals surface area contributed by atoms with Crippen LogP contribution in [0.15, 0.2) is 6.07 Å². The third-order valence-corrected chi connectivity index (χ3v) is 4.53. The van der Waals surface area contributed by atoms with Gasteiger partial charge in [-0.25, -0.2) is 0 Å². The van der Waals surface area contributed by atoms with Gasteiger partial charge in [0.25, 0.3) is 0 Å². The number of aromatic nitrogens is 4. The fourth-order valence-corrected chi connectivity index (χ4v) is 3.52. The van der Waals surface area contributed by atoms with Gasteiger partial charge < -0.3 is 10.6 Å². The van der Waals surface area contributed by atoms with Crippen molar-refractivity contribution in [2.75, 3.05) is 11.9 Å². The molecular weight excluding hydrogens is 280 g/mol. The largest absolute Gasteiger partial charge is 0.311 e. The van der Waals surface area contributed by atoms with Gasteiger partial charge in [-0.15, -0.1) is 0 Å². The van der Waals surface area contributed by atoms with Crippen LogP contribution in [-0.4, -0.2) is 32.0 Å². The van der Waals surface area contributed by atoms with Crippen molar-refractivity contribution in [2.24, 2.45) is 7.05 Å². The van der Waals surface area contributed by atoms with Gasteiger partial charge in [-0.3, -0.25) is 14.2 Å². The maximum atomic E-state index is 12.1. The number of rotatable bonds is 1. The Bertz CT molecular complexity index is 720. The summed E-state index contributed by atoms with van der Waals surface area (Å²) in [5.41, 5.74) is 4.24. The van der Waals surface area contributed by atoms with Gasteiger partial charge in [0.15, 0.2) is 0 Å². The molecule has 0 aliphatic carbocycles. The van der Waals surface area contributed by atoms with E-state index in [4.69, 9.17) is 5.10 Å². The molecule has 4 heterocycles. The highest BCUT2D eigenvalue weighted by molar-refractivity contribution is 5.94. The van der Waals surface area contributed by atoms with Crippen molar-refractivity contribution in [1.29, 1.82) is 0 Å². The van der Waals surface area contributed by atoms with Crippen molar-refractivity contribution in [2.45, 2.75) is 38.8 Å². The Labute approximate surface area is 128 Å². The first-order valence-electron chi connectivity index (χ1n) is 7.74. The number of hydrogen-bond acceptors (Lipinski definition) is 4. The predicted molar refractivity (Wildman–Crippen MR) is 81.6 cm³/mol. The lowest BCUT2D eigenvalue weighted by molar-refractivity contribution is -0.116. The molecule has 0 saturated carbocycles. The zero-order chi connectivity index (χ0) is 15.3. The van der Waals surface area contributed by atoms with Crippen LogP contribution in [0.5, 0.6) is 0 Å². The molecular formula is C15H20N6O. The zero-order valence-corrected chi connectivity index (χ0v) is 12.9. The summed E-state index contributed by atoms with van der Waals surface area (Å²) in [4.78, 5) is 12.1. The summed E-state index contributed by atoms with van der Waals surface area (Å²) in [5.74, 6) is 0.832. The molecule has 2 aromatic rings. The smallest absolute Gasteiger partial charge is 0.226 e. The SMILES string of the molecule is Cc1nn(C)c2c1C(c1cc3n(n1)CCCNC3)CC(=O)N2. The number of nitrogens with zero attached hydrogens (tertiary/aromatic N) is 4. The van der Waals surface area contributed by atoms with Gasteiger partial charge in [0.1, 0.15) is 5.82 Å². The number of carbonyl (C=O) groups is 1. The third-order valence-electron chi connectivity index (χ3n) is 4.53. The summed E-state index contributed by atoms with van der Waals surface area (Å²) >= 11 is 0. The fourth-order valence-electron chi connectivity index (χ4n) is 3.52. The normalized spacial score (nSPS) is 21.0. The molecule has 0 fully saturated rings. The predicted octanol–water partition coefficient (Wildman–Crippen LogP) is 0.892. The van der Waals surface area contributed by atoms with Crippen LogP contribution in [0.3, 0.4) is 0 Å². The van der Waals surface area contributed by atoms with Crippen LogP contribution in [-0.2, 0) is 24.9 Å². The first-order chi connectivity index (χ1) is 10.6. The second-order valence-corrected chi connectivity index (χ2v) is 6.09. The molecule has 2 aliphatic heterocycles. The van der Waals surface area contributed by atoms with E-state index in [9.17, 15) is 4.79 Å². The topological polar surface area (TPSA) is 76.8 Å². The van der Waals surface area contributed by atoms with Gasteiger partial charge in [0, 0.05) is 38.0 Å². The molecule has 1 atom stereocenters. The summed E-state index contributed by atoms with van der Waals surface area (Å²) in [7, 11) is 1.86. The van der Waals surface area contributed by atoms with Crippen LogP contribution in [0.2, 0.25) is 0 Å². The average molecular weight is 300 g/mol. The van der Waals surface area contributed by atoms with Gasteiger partial charge in [0.2, 0.25) is 5.91 Å². The van der Waals surface area contributed by atoms with E-state index in [1.54, 1.807) is 4.68 Å². The molecule has 116 valence electrons. The van der Waals surface area contributed by atoms with Gasteiger partial charge in [0.05, 0.1) is 17.1 Å². The van der Waals surface area contributed by atoms with Crippen LogP contribution in [0.4, 0.5) is 5.82 Å². The van der Waals surface area contributed by atoms with Gasteiger partial charge >= 0.3 is 0 Å². The molecule has 2 N–H and O–H groups in total. The van der Waals surface area contributed by atoms with E-state index in [-0.39, 0.29) is 11.8 Å². The van der Waals surface area contributed by atoms with Gasteiger partial charge in [-0.05, 0) is 26.0 Å². The molecule has 7 nitrogen and oxygen atoms in total. The number of nitrogens with one attached hydrogen (secondary N) is 2. The number of fused-ring (bicyclic) bond motifs is 2. The minimum absolute atomic E-state index is 0.00289. The molecule has 2 aliphatic rings. The average Bonchev–Trinajstić information content (AvgIpc) is 2.92. The highest BCUT2D eigenvalue weighted by Crippen LogP contribution is 2.38. The maximum Gasteiger partial charge on any atom is 0.226 e. The molecule has 0 saturated heterocycles. The number of hydrogen-bond donors (Lipinski definition) is 2. The number of carbonyl (C=O) groups excluding carboxylic acids is 1. The Morgan fingerprint density at radius 2 is 2.23 bits per heavy atom. The van der Waals surface area contributed by atoms with Crippen LogP contribution in [0.25, 0.3) is 0 Å². The molecule has 0 radical (unpaired) electrons. The first kappa shape index (κ1) is 13.5. The molecule has 2 aromatic heterocycles. The van der Waals surface area contributed by atoms with Crippen molar-refractivity contribution in [3.8, 4) is 0 Å². The quantitative estimate of drug-likeness (QED) is 0.820. The Kier molecular flexibility index (Phi) is 3.04. The Hall–Kier alpha value is -2.15. The summed E-state index contributed by atoms with van der Waals surface area (Å²) in [5, 5.41) is 15.6. The van der Waals surface area contributed by atoms with E-state index in [0.29, 0.717) is 6.42 Å². The summed E-state index contributed by atoms with van der Waals surface area (Å²) in [6, 6.07) is 2.14. The second kappa shape index (κ2) is 4.95. The molecule has 7 heteroatoms. The van der Waals surface area contributed by atoms with Crippen LogP contribution in [0.1, 0.15) is 41.4 Å². The lowest BCUT2D eigenvalue weighted by Crippen LogP contribution is -2.25. The first-order valence-corrected chi connectivity index (χ1v) is 7.74. The van der Waals surface area contributed by atoms with Crippen LogP contribution in [0, 0.1) is 6.92 Å². The van der Waals surface area contributed by atoms with E-state index >= 15 is 0 Å². The van der Waals surface area contributed by atoms with Gasteiger partial charge in [-0.2, -0.15) is 10.2 Å². The zero-order valence-electron chi connectivity index (χ0n) is 12.9. The maximum absolute atomic E-state index is 12.1. The van der Waals surface area contributed by atoms with Crippen LogP contribution < -0.4 is 10.6 Å². The molecule has 4 rings (SSSR count). The molecule has 0 aromatic carbocycles. The van der Waals surface area contributed by atoms with Gasteiger partial charge in [-0.1, -0.05) is 0 Å². The van der Waals surface area contributed by atoms with Crippen LogP contribution >= 0.6 is 0 Å². The highest BCUT2D eigenvalue weighted by Gasteiger charge is 2.33. The molecule has 1 unspecified atom stereocenters. The number of amides is 1. The lowest BCUT2D eigenvalue weighted by Gasteiger charge is -2.22. The molecule has 0 spiro atoms. The molecule has 0 bridgehead atoms. The van der Waals surface area contributed by atoms with Crippen molar-refractivity contribution in [3.63, 3.8) is 0 Å². The standard InChI is InChI=1S/C15H20N6O/c1-9-14-11(7-13(22)17-15(14)20(2)18-9)12-6-10-8-16-4-3-5-21(10)19-12/h6,11,16H,3-5,7-8H2,1-2H3,(H,17,22). The minimum atomic E-state index is -0.00289. The summed E-state index contributed by atoms with van der Waals surface area (Å²) in [6.07, 6.45) is 1.51. The number of aryl methyl sites for hydroxylation is 3. The highest BCUT2D eigenvalue weighted by atomic mass is 16.1. The van der Waals surface area contributed by atoms with E-state index in [0.717, 1.165) is 48.8 Å². The summed E-state index contributed by atoms with van der Waals surface area (Å²) in [6.45, 7) is 4.78. The second-order valence-electron chi connectivity index (χ2n) is 6.09. The Morgan fingerprint density at radius 3 is 3.09 bits per heavy atom. The Balaban J connectivity index is 1.79. The Morgan fingerprint density at radius 1 is 1.36 bits per heavy atom. The fraction of sp³-hybridized carbons (Fsp3) is 0.533. The van der Waals surface area contributed by atoms with E-state index in [2.05, 4.69) is 26.5 Å². The van der Waals surface area contributed by atoms with Crippen molar-refractivity contribution in [1.82, 2.24) is 24.9 Å². The van der Waals surface area contributed by atoms with E-state index in [1.165, 1.54) is 5.69 Å². The minimum Gasteiger partial charge on any atom is -0.311 e. The number of anilines is 1. The van der Waals surface area contributed by atoms with Crippen molar-refractivity contribution in [3.05, 3.63) is 28.7 Å². The molecule has 1 amide bonds. The third kappa shape index (κ3) is 2.04. The van der Waals surface area contributed by atoms with Crippen molar-refractivity contribution < 1.29 is 4.79 Å². The van der Waals surface area contributed by atoms with Crippen molar-refractivity contribution >= 4 is 11.7 Å². The monoisotopic (exact) mass is 300 g/mol. The lowest BCUT2D eigenvalue weighted by atomic mass is 9.89. The molecule has 22 heavy (non-hydrogen) atoms. The van der Waals surface area contributed by atoms with E-state index in [1.807, 2.05) is 14.0 Å².